The molecule has 0 unspecified atom stereocenters. The monoisotopic (exact) mass is 344 g/mol. The van der Waals surface area contributed by atoms with E-state index in [1.165, 1.54) is 18.2 Å². The van der Waals surface area contributed by atoms with Crippen LogP contribution in [0.1, 0.15) is 25.0 Å². The molecule has 6 heteroatoms. The lowest BCUT2D eigenvalue weighted by atomic mass is 10.2. The number of carbonyl (C=O) groups is 2. The molecule has 2 aromatic rings. The highest BCUT2D eigenvalue weighted by molar-refractivity contribution is 6.39. The van der Waals surface area contributed by atoms with Gasteiger partial charge in [0.05, 0.1) is 6.10 Å². The maximum Gasteiger partial charge on any atom is 0.313 e. The molecule has 0 aliphatic rings. The van der Waals surface area contributed by atoms with Gasteiger partial charge in [-0.25, -0.2) is 4.39 Å². The first-order valence-electron chi connectivity index (χ1n) is 7.96. The van der Waals surface area contributed by atoms with E-state index in [9.17, 15) is 14.0 Å². The molecule has 2 N–H and O–H groups in total. The molecule has 25 heavy (non-hydrogen) atoms. The van der Waals surface area contributed by atoms with Crippen molar-refractivity contribution in [2.45, 2.75) is 33.4 Å². The molecule has 0 bridgehead atoms. The third-order valence-electron chi connectivity index (χ3n) is 3.38. The zero-order chi connectivity index (χ0) is 18.4. The summed E-state index contributed by atoms with van der Waals surface area (Å²) in [7, 11) is 0. The van der Waals surface area contributed by atoms with E-state index in [0.717, 1.165) is 11.3 Å². The van der Waals surface area contributed by atoms with Gasteiger partial charge < -0.3 is 15.4 Å². The number of nitrogens with one attached hydrogen (secondary N) is 2. The van der Waals surface area contributed by atoms with Crippen LogP contribution in [0.2, 0.25) is 0 Å². The Morgan fingerprint density at radius 2 is 1.76 bits per heavy atom. The molecule has 0 saturated heterocycles. The Labute approximate surface area is 146 Å². The number of halogens is 1. The van der Waals surface area contributed by atoms with Gasteiger partial charge in [-0.05, 0) is 56.2 Å². The summed E-state index contributed by atoms with van der Waals surface area (Å²) >= 11 is 0. The molecule has 0 spiro atoms. The highest BCUT2D eigenvalue weighted by Gasteiger charge is 2.14. The second-order valence-corrected chi connectivity index (χ2v) is 5.91. The molecule has 0 aliphatic heterocycles. The van der Waals surface area contributed by atoms with Gasteiger partial charge in [-0.3, -0.25) is 9.59 Å². The molecule has 0 fully saturated rings. The lowest BCUT2D eigenvalue weighted by Crippen LogP contribution is -2.34. The van der Waals surface area contributed by atoms with Crippen molar-refractivity contribution in [3.8, 4) is 5.75 Å². The standard InChI is InChI=1S/C19H21FN2O3/c1-12(2)25-16-8-5-14(6-9-16)11-21-18(23)19(24)22-15-7-4-13(3)17(20)10-15/h4-10,12H,11H2,1-3H3,(H,21,23)(H,22,24). The quantitative estimate of drug-likeness (QED) is 0.819. The fourth-order valence-corrected chi connectivity index (χ4v) is 2.08. The van der Waals surface area contributed by atoms with E-state index in [2.05, 4.69) is 10.6 Å². The van der Waals surface area contributed by atoms with Crippen LogP contribution in [0.25, 0.3) is 0 Å². The summed E-state index contributed by atoms with van der Waals surface area (Å²) in [6, 6.07) is 11.5. The molecule has 2 rings (SSSR count). The Morgan fingerprint density at radius 1 is 1.08 bits per heavy atom. The average molecular weight is 344 g/mol. The maximum atomic E-state index is 13.4. The molecule has 0 atom stereocenters. The van der Waals surface area contributed by atoms with Crippen LogP contribution in [0.3, 0.4) is 0 Å². The van der Waals surface area contributed by atoms with Gasteiger partial charge in [-0.2, -0.15) is 0 Å². The van der Waals surface area contributed by atoms with Gasteiger partial charge >= 0.3 is 11.8 Å². The molecule has 2 amide bonds. The van der Waals surface area contributed by atoms with Crippen molar-refractivity contribution < 1.29 is 18.7 Å². The lowest BCUT2D eigenvalue weighted by molar-refractivity contribution is -0.136. The van der Waals surface area contributed by atoms with Crippen LogP contribution in [0.5, 0.6) is 5.75 Å². The number of amides is 2. The van der Waals surface area contributed by atoms with Crippen molar-refractivity contribution in [1.29, 1.82) is 0 Å². The van der Waals surface area contributed by atoms with Crippen LogP contribution in [-0.4, -0.2) is 17.9 Å². The number of hydrogen-bond donors (Lipinski definition) is 2. The van der Waals surface area contributed by atoms with Crippen molar-refractivity contribution in [2.75, 3.05) is 5.32 Å². The summed E-state index contributed by atoms with van der Waals surface area (Å²) in [6.45, 7) is 5.70. The highest BCUT2D eigenvalue weighted by Crippen LogP contribution is 2.14. The number of ether oxygens (including phenoxy) is 1. The average Bonchev–Trinajstić information content (AvgIpc) is 2.56. The molecule has 0 aliphatic carbocycles. The summed E-state index contributed by atoms with van der Waals surface area (Å²) in [6.07, 6.45) is 0.0841. The lowest BCUT2D eigenvalue weighted by Gasteiger charge is -2.10. The maximum absolute atomic E-state index is 13.4. The molecule has 0 saturated carbocycles. The summed E-state index contributed by atoms with van der Waals surface area (Å²) in [5.74, 6) is -1.34. The largest absolute Gasteiger partial charge is 0.491 e. The Balaban J connectivity index is 1.86. The van der Waals surface area contributed by atoms with E-state index in [4.69, 9.17) is 4.74 Å². The molecule has 0 heterocycles. The smallest absolute Gasteiger partial charge is 0.313 e. The van der Waals surface area contributed by atoms with Crippen molar-refractivity contribution in [3.63, 3.8) is 0 Å². The fourth-order valence-electron chi connectivity index (χ4n) is 2.08. The first kappa shape index (κ1) is 18.4. The third-order valence-corrected chi connectivity index (χ3v) is 3.38. The second-order valence-electron chi connectivity index (χ2n) is 5.91. The number of rotatable bonds is 5. The SMILES string of the molecule is Cc1ccc(NC(=O)C(=O)NCc2ccc(OC(C)C)cc2)cc1F. The summed E-state index contributed by atoms with van der Waals surface area (Å²) in [5, 5.41) is 4.89. The van der Waals surface area contributed by atoms with E-state index in [1.807, 2.05) is 26.0 Å². The minimum absolute atomic E-state index is 0.0841. The van der Waals surface area contributed by atoms with Crippen LogP contribution < -0.4 is 15.4 Å². The predicted molar refractivity (Wildman–Crippen MR) is 93.8 cm³/mol. The zero-order valence-corrected chi connectivity index (χ0v) is 14.4. The van der Waals surface area contributed by atoms with Gasteiger partial charge in [0, 0.05) is 12.2 Å². The minimum atomic E-state index is -0.844. The minimum Gasteiger partial charge on any atom is -0.491 e. The predicted octanol–water partition coefficient (Wildman–Crippen LogP) is 3.18. The fraction of sp³-hybridized carbons (Fsp3) is 0.263. The second kappa shape index (κ2) is 8.28. The van der Waals surface area contributed by atoms with Crippen LogP contribution in [0.15, 0.2) is 42.5 Å². The highest BCUT2D eigenvalue weighted by atomic mass is 19.1. The van der Waals surface area contributed by atoms with E-state index in [1.54, 1.807) is 19.1 Å². The van der Waals surface area contributed by atoms with Crippen LogP contribution in [0.4, 0.5) is 10.1 Å². The first-order valence-corrected chi connectivity index (χ1v) is 7.96. The van der Waals surface area contributed by atoms with Gasteiger partial charge in [-0.1, -0.05) is 18.2 Å². The van der Waals surface area contributed by atoms with Gasteiger partial charge in [0.2, 0.25) is 0 Å². The zero-order valence-electron chi connectivity index (χ0n) is 14.4. The van der Waals surface area contributed by atoms with Crippen molar-refractivity contribution >= 4 is 17.5 Å². The van der Waals surface area contributed by atoms with Crippen LogP contribution in [-0.2, 0) is 16.1 Å². The number of benzene rings is 2. The Hall–Kier alpha value is -2.89. The third kappa shape index (κ3) is 5.60. The van der Waals surface area contributed by atoms with E-state index in [0.29, 0.717) is 5.56 Å². The topological polar surface area (TPSA) is 67.4 Å². The van der Waals surface area contributed by atoms with Crippen LogP contribution in [0, 0.1) is 12.7 Å². The molecule has 0 radical (unpaired) electrons. The molecular weight excluding hydrogens is 323 g/mol. The summed E-state index contributed by atoms with van der Waals surface area (Å²) < 4.78 is 19.0. The number of aryl methyl sites for hydroxylation is 1. The first-order chi connectivity index (χ1) is 11.8. The molecular formula is C19H21FN2O3. The van der Waals surface area contributed by atoms with Gasteiger partial charge in [0.15, 0.2) is 0 Å². The Morgan fingerprint density at radius 3 is 2.36 bits per heavy atom. The van der Waals surface area contributed by atoms with Gasteiger partial charge in [-0.15, -0.1) is 0 Å². The Kier molecular flexibility index (Phi) is 6.11. The van der Waals surface area contributed by atoms with Gasteiger partial charge in [0.25, 0.3) is 0 Å². The van der Waals surface area contributed by atoms with Crippen LogP contribution >= 0.6 is 0 Å². The summed E-state index contributed by atoms with van der Waals surface area (Å²) in [5.41, 5.74) is 1.53. The van der Waals surface area contributed by atoms with Crippen molar-refractivity contribution in [2.24, 2.45) is 0 Å². The Bertz CT molecular complexity index is 758. The van der Waals surface area contributed by atoms with E-state index >= 15 is 0 Å². The number of anilines is 1. The molecule has 5 nitrogen and oxygen atoms in total. The van der Waals surface area contributed by atoms with E-state index in [-0.39, 0.29) is 18.3 Å². The molecule has 2 aromatic carbocycles. The van der Waals surface area contributed by atoms with Crippen molar-refractivity contribution in [3.05, 3.63) is 59.4 Å². The summed E-state index contributed by atoms with van der Waals surface area (Å²) in [4.78, 5) is 23.7. The number of carbonyl (C=O) groups excluding carboxylic acids is 2. The van der Waals surface area contributed by atoms with E-state index < -0.39 is 17.6 Å². The molecule has 132 valence electrons. The number of hydrogen-bond acceptors (Lipinski definition) is 3. The normalized spacial score (nSPS) is 10.4. The molecule has 0 aromatic heterocycles. The van der Waals surface area contributed by atoms with Gasteiger partial charge in [0.1, 0.15) is 11.6 Å². The van der Waals surface area contributed by atoms with Crippen molar-refractivity contribution in [1.82, 2.24) is 5.32 Å².